The van der Waals surface area contributed by atoms with Gasteiger partial charge in [0, 0.05) is 32.7 Å². The lowest BCUT2D eigenvalue weighted by atomic mass is 10.1. The number of amides is 1. The van der Waals surface area contributed by atoms with Crippen molar-refractivity contribution in [2.24, 2.45) is 0 Å². The van der Waals surface area contributed by atoms with Gasteiger partial charge in [-0.1, -0.05) is 6.07 Å². The molecule has 1 heterocycles. The minimum atomic E-state index is -0.825. The number of rotatable bonds is 9. The molecule has 1 fully saturated rings. The van der Waals surface area contributed by atoms with Crippen LogP contribution in [0.4, 0.5) is 0 Å². The monoisotopic (exact) mass is 394 g/mol. The Bertz CT molecular complexity index is 646. The molecule has 8 heteroatoms. The third kappa shape index (κ3) is 6.38. The first kappa shape index (κ1) is 22.0. The van der Waals surface area contributed by atoms with Crippen LogP contribution in [-0.2, 0) is 25.6 Å². The van der Waals surface area contributed by atoms with Gasteiger partial charge >= 0.3 is 11.9 Å². The predicted octanol–water partition coefficient (Wildman–Crippen LogP) is 1.32. The van der Waals surface area contributed by atoms with Crippen LogP contribution in [0.2, 0.25) is 0 Å². The van der Waals surface area contributed by atoms with Gasteiger partial charge in [-0.05, 0) is 31.0 Å². The molecule has 0 unspecified atom stereocenters. The normalized spacial score (nSPS) is 14.4. The zero-order valence-corrected chi connectivity index (χ0v) is 16.9. The topological polar surface area (TPSA) is 77.5 Å². The van der Waals surface area contributed by atoms with Crippen molar-refractivity contribution in [3.8, 4) is 11.5 Å². The third-order valence-electron chi connectivity index (χ3n) is 4.56. The van der Waals surface area contributed by atoms with Crippen molar-refractivity contribution in [3.63, 3.8) is 0 Å². The Morgan fingerprint density at radius 3 is 2.50 bits per heavy atom. The molecule has 1 aliphatic heterocycles. The van der Waals surface area contributed by atoms with Gasteiger partial charge in [-0.3, -0.25) is 9.69 Å². The average molecular weight is 394 g/mol. The molecule has 0 atom stereocenters. The van der Waals surface area contributed by atoms with E-state index in [1.54, 1.807) is 27.2 Å². The second kappa shape index (κ2) is 11.5. The SMILES string of the molecule is CCOC(=O)C(=O)N(CCCN1CCOCC1)Cc1ccc(OC)c(OC)c1. The summed E-state index contributed by atoms with van der Waals surface area (Å²) in [7, 11) is 3.13. The van der Waals surface area contributed by atoms with E-state index in [1.165, 1.54) is 4.90 Å². The summed E-state index contributed by atoms with van der Waals surface area (Å²) in [6.07, 6.45) is 0.762. The van der Waals surface area contributed by atoms with Gasteiger partial charge in [0.15, 0.2) is 11.5 Å². The maximum atomic E-state index is 12.6. The molecule has 0 radical (unpaired) electrons. The number of carbonyl (C=O) groups excluding carboxylic acids is 2. The highest BCUT2D eigenvalue weighted by atomic mass is 16.5. The van der Waals surface area contributed by atoms with Gasteiger partial charge < -0.3 is 23.8 Å². The summed E-state index contributed by atoms with van der Waals surface area (Å²) in [6.45, 7) is 6.70. The van der Waals surface area contributed by atoms with Crippen molar-refractivity contribution in [3.05, 3.63) is 23.8 Å². The molecule has 1 aliphatic rings. The highest BCUT2D eigenvalue weighted by Crippen LogP contribution is 2.28. The smallest absolute Gasteiger partial charge is 0.397 e. The molecule has 0 N–H and O–H groups in total. The van der Waals surface area contributed by atoms with E-state index in [4.69, 9.17) is 18.9 Å². The number of methoxy groups -OCH3 is 2. The van der Waals surface area contributed by atoms with Crippen LogP contribution in [0.15, 0.2) is 18.2 Å². The Morgan fingerprint density at radius 1 is 1.14 bits per heavy atom. The van der Waals surface area contributed by atoms with Crippen molar-refractivity contribution in [1.82, 2.24) is 9.80 Å². The molecule has 156 valence electrons. The summed E-state index contributed by atoms with van der Waals surface area (Å²) in [5.74, 6) is -0.258. The van der Waals surface area contributed by atoms with Crippen LogP contribution >= 0.6 is 0 Å². The number of carbonyl (C=O) groups is 2. The first-order chi connectivity index (χ1) is 13.6. The number of ether oxygens (including phenoxy) is 4. The molecule has 1 amide bonds. The minimum absolute atomic E-state index is 0.169. The summed E-state index contributed by atoms with van der Waals surface area (Å²) < 4.78 is 20.8. The highest BCUT2D eigenvalue weighted by molar-refractivity contribution is 6.32. The fourth-order valence-corrected chi connectivity index (χ4v) is 3.08. The maximum absolute atomic E-state index is 12.6. The van der Waals surface area contributed by atoms with Crippen LogP contribution in [0.5, 0.6) is 11.5 Å². The zero-order chi connectivity index (χ0) is 20.4. The molecular formula is C20H30N2O6. The van der Waals surface area contributed by atoms with Crippen molar-refractivity contribution in [1.29, 1.82) is 0 Å². The quantitative estimate of drug-likeness (QED) is 0.462. The Balaban J connectivity index is 2.04. The lowest BCUT2D eigenvalue weighted by molar-refractivity contribution is -0.160. The Labute approximate surface area is 166 Å². The molecule has 0 spiro atoms. The van der Waals surface area contributed by atoms with E-state index in [1.807, 2.05) is 12.1 Å². The van der Waals surface area contributed by atoms with Gasteiger partial charge in [-0.15, -0.1) is 0 Å². The van der Waals surface area contributed by atoms with Crippen LogP contribution in [0.3, 0.4) is 0 Å². The fraction of sp³-hybridized carbons (Fsp3) is 0.600. The Kier molecular flexibility index (Phi) is 9.03. The fourth-order valence-electron chi connectivity index (χ4n) is 3.08. The summed E-state index contributed by atoms with van der Waals surface area (Å²) in [5, 5.41) is 0. The van der Waals surface area contributed by atoms with Gasteiger partial charge in [-0.2, -0.15) is 0 Å². The second-order valence-electron chi connectivity index (χ2n) is 6.44. The van der Waals surface area contributed by atoms with E-state index in [9.17, 15) is 9.59 Å². The van der Waals surface area contributed by atoms with Crippen LogP contribution in [-0.4, -0.2) is 81.9 Å². The van der Waals surface area contributed by atoms with Gasteiger partial charge in [0.1, 0.15) is 0 Å². The Morgan fingerprint density at radius 2 is 1.86 bits per heavy atom. The molecule has 0 bridgehead atoms. The number of esters is 1. The predicted molar refractivity (Wildman–Crippen MR) is 103 cm³/mol. The number of nitrogens with zero attached hydrogens (tertiary/aromatic N) is 2. The van der Waals surface area contributed by atoms with E-state index < -0.39 is 11.9 Å². The summed E-state index contributed by atoms with van der Waals surface area (Å²) in [4.78, 5) is 28.4. The first-order valence-corrected chi connectivity index (χ1v) is 9.56. The molecule has 8 nitrogen and oxygen atoms in total. The van der Waals surface area contributed by atoms with Gasteiger partial charge in [0.2, 0.25) is 0 Å². The number of benzene rings is 1. The standard InChI is InChI=1S/C20H30N2O6/c1-4-28-20(24)19(23)22(9-5-8-21-10-12-27-13-11-21)15-16-6-7-17(25-2)18(14-16)26-3/h6-7,14H,4-5,8-13,15H2,1-3H3. The van der Waals surface area contributed by atoms with Crippen molar-refractivity contribution in [2.75, 3.05) is 60.2 Å². The second-order valence-corrected chi connectivity index (χ2v) is 6.44. The third-order valence-corrected chi connectivity index (χ3v) is 4.56. The molecule has 0 aromatic heterocycles. The lowest BCUT2D eigenvalue weighted by Crippen LogP contribution is -2.41. The average Bonchev–Trinajstić information content (AvgIpc) is 2.73. The molecule has 28 heavy (non-hydrogen) atoms. The highest BCUT2D eigenvalue weighted by Gasteiger charge is 2.24. The summed E-state index contributed by atoms with van der Waals surface area (Å²) in [5.41, 5.74) is 0.849. The largest absolute Gasteiger partial charge is 0.493 e. The molecule has 2 rings (SSSR count). The molecular weight excluding hydrogens is 364 g/mol. The number of morpholine rings is 1. The Hall–Kier alpha value is -2.32. The zero-order valence-electron chi connectivity index (χ0n) is 16.9. The van der Waals surface area contributed by atoms with Crippen LogP contribution in [0.25, 0.3) is 0 Å². The van der Waals surface area contributed by atoms with E-state index >= 15 is 0 Å². The molecule has 1 aromatic carbocycles. The lowest BCUT2D eigenvalue weighted by Gasteiger charge is -2.28. The van der Waals surface area contributed by atoms with E-state index in [-0.39, 0.29) is 6.61 Å². The van der Waals surface area contributed by atoms with E-state index in [0.717, 1.165) is 44.8 Å². The summed E-state index contributed by atoms with van der Waals surface area (Å²) >= 11 is 0. The van der Waals surface area contributed by atoms with Crippen LogP contribution < -0.4 is 9.47 Å². The van der Waals surface area contributed by atoms with Crippen molar-refractivity contribution < 1.29 is 28.5 Å². The minimum Gasteiger partial charge on any atom is -0.493 e. The summed E-state index contributed by atoms with van der Waals surface area (Å²) in [6, 6.07) is 5.45. The van der Waals surface area contributed by atoms with Crippen LogP contribution in [0.1, 0.15) is 18.9 Å². The van der Waals surface area contributed by atoms with Gasteiger partial charge in [-0.25, -0.2) is 4.79 Å². The first-order valence-electron chi connectivity index (χ1n) is 9.56. The number of hydrogen-bond acceptors (Lipinski definition) is 7. The van der Waals surface area contributed by atoms with Gasteiger partial charge in [0.05, 0.1) is 34.0 Å². The molecule has 1 saturated heterocycles. The van der Waals surface area contributed by atoms with Gasteiger partial charge in [0.25, 0.3) is 0 Å². The van der Waals surface area contributed by atoms with E-state index in [0.29, 0.717) is 24.6 Å². The van der Waals surface area contributed by atoms with Crippen LogP contribution in [0, 0.1) is 0 Å². The van der Waals surface area contributed by atoms with E-state index in [2.05, 4.69) is 4.90 Å². The van der Waals surface area contributed by atoms with Crippen molar-refractivity contribution >= 4 is 11.9 Å². The van der Waals surface area contributed by atoms with Crippen molar-refractivity contribution in [2.45, 2.75) is 19.9 Å². The molecule has 0 aliphatic carbocycles. The maximum Gasteiger partial charge on any atom is 0.397 e. The number of hydrogen-bond donors (Lipinski definition) is 0. The molecule has 1 aromatic rings. The molecule has 0 saturated carbocycles.